The van der Waals surface area contributed by atoms with E-state index in [0.29, 0.717) is 12.6 Å². The fraction of sp³-hybridized carbons (Fsp3) is 0.350. The van der Waals surface area contributed by atoms with E-state index in [4.69, 9.17) is 0 Å². The lowest BCUT2D eigenvalue weighted by atomic mass is 10.1. The van der Waals surface area contributed by atoms with Crippen molar-refractivity contribution in [2.45, 2.75) is 38.4 Å². The molecule has 4 rings (SSSR count). The number of imidazole rings is 1. The number of nitrogens with one attached hydrogen (secondary N) is 2. The average molecular weight is 364 g/mol. The summed E-state index contributed by atoms with van der Waals surface area (Å²) in [5.41, 5.74) is 3.86. The molecule has 0 aliphatic heterocycles. The Morgan fingerprint density at radius 1 is 1.37 bits per heavy atom. The number of nitrogens with zero attached hydrogens (tertiary/aromatic N) is 4. The van der Waals surface area contributed by atoms with Gasteiger partial charge in [-0.3, -0.25) is 5.10 Å². The number of amides is 2. The van der Waals surface area contributed by atoms with E-state index in [9.17, 15) is 4.79 Å². The zero-order valence-electron chi connectivity index (χ0n) is 15.6. The summed E-state index contributed by atoms with van der Waals surface area (Å²) in [5, 5.41) is 10.4. The number of benzene rings is 1. The zero-order chi connectivity index (χ0) is 18.8. The van der Waals surface area contributed by atoms with E-state index in [1.54, 1.807) is 11.9 Å². The van der Waals surface area contributed by atoms with Crippen LogP contribution in [0.3, 0.4) is 0 Å². The molecule has 1 saturated carbocycles. The van der Waals surface area contributed by atoms with Crippen LogP contribution in [0.4, 0.5) is 4.79 Å². The van der Waals surface area contributed by atoms with Crippen LogP contribution in [0.25, 0.3) is 11.3 Å². The maximum Gasteiger partial charge on any atom is 0.318 e. The lowest BCUT2D eigenvalue weighted by Gasteiger charge is -2.24. The van der Waals surface area contributed by atoms with E-state index >= 15 is 0 Å². The fourth-order valence-corrected chi connectivity index (χ4v) is 3.13. The number of aromatic amines is 1. The quantitative estimate of drug-likeness (QED) is 0.702. The number of hydrogen-bond acceptors (Lipinski definition) is 3. The second-order valence-electron chi connectivity index (χ2n) is 7.04. The average Bonchev–Trinajstić information content (AvgIpc) is 3.23. The first kappa shape index (κ1) is 17.3. The van der Waals surface area contributed by atoms with Gasteiger partial charge in [-0.25, -0.2) is 9.78 Å². The normalized spacial score (nSPS) is 14.7. The molecule has 3 aromatic rings. The van der Waals surface area contributed by atoms with Gasteiger partial charge in [-0.1, -0.05) is 30.3 Å². The number of H-pyrrole nitrogens is 1. The van der Waals surface area contributed by atoms with Crippen molar-refractivity contribution in [2.75, 3.05) is 7.05 Å². The van der Waals surface area contributed by atoms with Crippen LogP contribution in [0.5, 0.6) is 0 Å². The number of hydrogen-bond donors (Lipinski definition) is 2. The predicted molar refractivity (Wildman–Crippen MR) is 103 cm³/mol. The molecule has 7 heteroatoms. The van der Waals surface area contributed by atoms with Gasteiger partial charge in [0.25, 0.3) is 0 Å². The molecule has 0 radical (unpaired) electrons. The molecule has 1 aliphatic carbocycles. The predicted octanol–water partition coefficient (Wildman–Crippen LogP) is 3.51. The number of carbonyl (C=O) groups excluding carboxylic acids is 1. The first-order chi connectivity index (χ1) is 13.1. The molecule has 2 amide bonds. The first-order valence-electron chi connectivity index (χ1n) is 9.25. The minimum Gasteiger partial charge on any atom is -0.332 e. The van der Waals surface area contributed by atoms with E-state index in [1.807, 2.05) is 55.8 Å². The van der Waals surface area contributed by atoms with Crippen LogP contribution in [-0.4, -0.2) is 37.7 Å². The molecule has 0 saturated heterocycles. The maximum atomic E-state index is 12.6. The first-order valence-corrected chi connectivity index (χ1v) is 9.25. The molecule has 1 fully saturated rings. The van der Waals surface area contributed by atoms with Crippen LogP contribution >= 0.6 is 0 Å². The van der Waals surface area contributed by atoms with Crippen molar-refractivity contribution in [1.82, 2.24) is 30.0 Å². The molecular formula is C20H24N6O. The molecule has 1 atom stereocenters. The minimum atomic E-state index is -0.123. The third-order valence-corrected chi connectivity index (χ3v) is 5.13. The molecule has 1 unspecified atom stereocenters. The van der Waals surface area contributed by atoms with Gasteiger partial charge in [-0.05, 0) is 25.8 Å². The highest BCUT2D eigenvalue weighted by Crippen LogP contribution is 2.35. The second-order valence-corrected chi connectivity index (χ2v) is 7.04. The van der Waals surface area contributed by atoms with Gasteiger partial charge >= 0.3 is 6.03 Å². The van der Waals surface area contributed by atoms with E-state index in [0.717, 1.165) is 22.6 Å². The van der Waals surface area contributed by atoms with Crippen molar-refractivity contribution in [2.24, 2.45) is 0 Å². The van der Waals surface area contributed by atoms with Crippen molar-refractivity contribution >= 4 is 6.03 Å². The molecule has 1 aliphatic rings. The molecule has 140 valence electrons. The summed E-state index contributed by atoms with van der Waals surface area (Å²) in [4.78, 5) is 18.5. The van der Waals surface area contributed by atoms with Gasteiger partial charge in [0.1, 0.15) is 0 Å². The molecule has 0 bridgehead atoms. The third-order valence-electron chi connectivity index (χ3n) is 5.13. The summed E-state index contributed by atoms with van der Waals surface area (Å²) < 4.78 is 2.16. The Morgan fingerprint density at radius 2 is 2.15 bits per heavy atom. The molecule has 1 aromatic carbocycles. The van der Waals surface area contributed by atoms with E-state index < -0.39 is 0 Å². The van der Waals surface area contributed by atoms with E-state index in [-0.39, 0.29) is 12.1 Å². The van der Waals surface area contributed by atoms with Gasteiger partial charge in [0.15, 0.2) is 0 Å². The molecule has 27 heavy (non-hydrogen) atoms. The fourth-order valence-electron chi connectivity index (χ4n) is 3.13. The highest BCUT2D eigenvalue weighted by Gasteiger charge is 2.25. The molecule has 2 heterocycles. The molecular weight excluding hydrogens is 340 g/mol. The molecule has 0 spiro atoms. The molecule has 2 aromatic heterocycles. The van der Waals surface area contributed by atoms with Gasteiger partial charge < -0.3 is 14.8 Å². The highest BCUT2D eigenvalue weighted by atomic mass is 16.2. The van der Waals surface area contributed by atoms with Crippen LogP contribution < -0.4 is 5.32 Å². The Balaban J connectivity index is 1.38. The number of urea groups is 1. The summed E-state index contributed by atoms with van der Waals surface area (Å²) in [7, 11) is 1.79. The number of rotatable bonds is 6. The van der Waals surface area contributed by atoms with Gasteiger partial charge in [0.05, 0.1) is 36.0 Å². The largest absolute Gasteiger partial charge is 0.332 e. The summed E-state index contributed by atoms with van der Waals surface area (Å²) in [6.07, 6.45) is 6.06. The lowest BCUT2D eigenvalue weighted by Crippen LogP contribution is -2.38. The van der Waals surface area contributed by atoms with Crippen LogP contribution in [0.15, 0.2) is 48.9 Å². The SMILES string of the molecule is CC(c1cc(-c2ccccc2)n[nH]1)N(C)C(=O)NCc1cncn1C1CC1. The van der Waals surface area contributed by atoms with Gasteiger partial charge in [-0.15, -0.1) is 0 Å². The third kappa shape index (κ3) is 3.72. The van der Waals surface area contributed by atoms with Crippen LogP contribution in [0.2, 0.25) is 0 Å². The van der Waals surface area contributed by atoms with Crippen molar-refractivity contribution in [3.05, 3.63) is 60.3 Å². The molecule has 7 nitrogen and oxygen atoms in total. The van der Waals surface area contributed by atoms with Gasteiger partial charge in [0.2, 0.25) is 0 Å². The Hall–Kier alpha value is -3.09. The topological polar surface area (TPSA) is 78.8 Å². The smallest absolute Gasteiger partial charge is 0.318 e. The van der Waals surface area contributed by atoms with Crippen molar-refractivity contribution in [1.29, 1.82) is 0 Å². The monoisotopic (exact) mass is 364 g/mol. The number of carbonyl (C=O) groups is 1. The summed E-state index contributed by atoms with van der Waals surface area (Å²) in [6.45, 7) is 2.46. The number of aromatic nitrogens is 4. The Kier molecular flexibility index (Phi) is 4.66. The minimum absolute atomic E-state index is 0.122. The van der Waals surface area contributed by atoms with Crippen LogP contribution in [0, 0.1) is 0 Å². The van der Waals surface area contributed by atoms with E-state index in [1.165, 1.54) is 12.8 Å². The van der Waals surface area contributed by atoms with Crippen molar-refractivity contribution in [3.63, 3.8) is 0 Å². The zero-order valence-corrected chi connectivity index (χ0v) is 15.6. The maximum absolute atomic E-state index is 12.6. The Labute approximate surface area is 158 Å². The standard InChI is InChI=1S/C20H24N6O/c1-14(18-10-19(24-23-18)15-6-4-3-5-7-15)25(2)20(27)22-12-17-11-21-13-26(17)16-8-9-16/h3-7,10-11,13-14,16H,8-9,12H2,1-2H3,(H,22,27)(H,23,24). The summed E-state index contributed by atoms with van der Waals surface area (Å²) in [6, 6.07) is 12.3. The summed E-state index contributed by atoms with van der Waals surface area (Å²) in [5.74, 6) is 0. The van der Waals surface area contributed by atoms with Crippen molar-refractivity contribution < 1.29 is 4.79 Å². The van der Waals surface area contributed by atoms with Gasteiger partial charge in [-0.2, -0.15) is 5.10 Å². The van der Waals surface area contributed by atoms with Gasteiger partial charge in [0, 0.05) is 24.8 Å². The lowest BCUT2D eigenvalue weighted by molar-refractivity contribution is 0.192. The van der Waals surface area contributed by atoms with Crippen molar-refractivity contribution in [3.8, 4) is 11.3 Å². The Morgan fingerprint density at radius 3 is 2.89 bits per heavy atom. The Bertz CT molecular complexity index is 911. The summed E-state index contributed by atoms with van der Waals surface area (Å²) >= 11 is 0. The van der Waals surface area contributed by atoms with Crippen LogP contribution in [0.1, 0.15) is 43.2 Å². The van der Waals surface area contributed by atoms with E-state index in [2.05, 4.69) is 25.1 Å². The highest BCUT2D eigenvalue weighted by molar-refractivity contribution is 5.74. The second kappa shape index (κ2) is 7.26. The molecule has 2 N–H and O–H groups in total. The van der Waals surface area contributed by atoms with Crippen LogP contribution in [-0.2, 0) is 6.54 Å².